The summed E-state index contributed by atoms with van der Waals surface area (Å²) in [6.07, 6.45) is 5.05. The zero-order valence-electron chi connectivity index (χ0n) is 15.1. The minimum absolute atomic E-state index is 0.00818. The second kappa shape index (κ2) is 7.40. The minimum Gasteiger partial charge on any atom is -0.497 e. The van der Waals surface area contributed by atoms with Crippen molar-refractivity contribution in [1.82, 2.24) is 15.1 Å². The maximum absolute atomic E-state index is 12.0. The molecule has 1 heterocycles. The number of hydrogen-bond acceptors (Lipinski definition) is 4. The van der Waals surface area contributed by atoms with Gasteiger partial charge in [-0.15, -0.1) is 0 Å². The van der Waals surface area contributed by atoms with E-state index in [0.29, 0.717) is 30.7 Å². The first-order chi connectivity index (χ1) is 12.7. The molecule has 26 heavy (non-hydrogen) atoms. The Balaban J connectivity index is 1.23. The zero-order valence-corrected chi connectivity index (χ0v) is 15.1. The van der Waals surface area contributed by atoms with Crippen LogP contribution in [0.5, 0.6) is 11.5 Å². The lowest BCUT2D eigenvalue weighted by atomic mass is 10.2. The fourth-order valence-electron chi connectivity index (χ4n) is 3.09. The quantitative estimate of drug-likeness (QED) is 0.751. The van der Waals surface area contributed by atoms with Gasteiger partial charge < -0.3 is 14.8 Å². The van der Waals surface area contributed by atoms with Gasteiger partial charge in [0.15, 0.2) is 6.61 Å². The molecule has 0 aliphatic heterocycles. The minimum atomic E-state index is -0.122. The van der Waals surface area contributed by atoms with E-state index < -0.39 is 0 Å². The molecule has 6 nitrogen and oxygen atoms in total. The standard InChI is InChI=1S/C20H25N3O3/c1-25-16-6-8-17(9-7-16)26-13-20(24)21-10-11-23-19(15-4-5-15)12-18(22-23)14-2-3-14/h6-9,12,14-15H,2-5,10-11,13H2,1H3,(H,21,24). The number of carbonyl (C=O) groups is 1. The van der Waals surface area contributed by atoms with Gasteiger partial charge in [-0.05, 0) is 56.0 Å². The fourth-order valence-corrected chi connectivity index (χ4v) is 3.09. The normalized spacial score (nSPS) is 16.3. The lowest BCUT2D eigenvalue weighted by molar-refractivity contribution is -0.123. The van der Waals surface area contributed by atoms with Gasteiger partial charge in [-0.3, -0.25) is 9.48 Å². The van der Waals surface area contributed by atoms with E-state index in [-0.39, 0.29) is 12.5 Å². The number of amides is 1. The number of rotatable bonds is 9. The molecule has 0 bridgehead atoms. The molecule has 0 spiro atoms. The molecule has 1 amide bonds. The van der Waals surface area contributed by atoms with Crippen LogP contribution in [0.25, 0.3) is 0 Å². The summed E-state index contributed by atoms with van der Waals surface area (Å²) in [5.41, 5.74) is 2.58. The van der Waals surface area contributed by atoms with E-state index in [9.17, 15) is 4.79 Å². The summed E-state index contributed by atoms with van der Waals surface area (Å²) in [7, 11) is 1.62. The Kier molecular flexibility index (Phi) is 4.82. The van der Waals surface area contributed by atoms with E-state index in [1.165, 1.54) is 37.1 Å². The van der Waals surface area contributed by atoms with E-state index in [0.717, 1.165) is 5.75 Å². The van der Waals surface area contributed by atoms with E-state index in [2.05, 4.69) is 16.1 Å². The predicted octanol–water partition coefficient (Wildman–Crippen LogP) is 2.84. The molecule has 1 aromatic carbocycles. The Bertz CT molecular complexity index is 761. The van der Waals surface area contributed by atoms with Crippen molar-refractivity contribution < 1.29 is 14.3 Å². The van der Waals surface area contributed by atoms with Gasteiger partial charge in [0.25, 0.3) is 5.91 Å². The Morgan fingerprint density at radius 1 is 1.15 bits per heavy atom. The van der Waals surface area contributed by atoms with Crippen LogP contribution in [0.3, 0.4) is 0 Å². The maximum Gasteiger partial charge on any atom is 0.258 e. The molecule has 0 radical (unpaired) electrons. The average Bonchev–Trinajstić information content (AvgIpc) is 3.59. The number of methoxy groups -OCH3 is 1. The molecular formula is C20H25N3O3. The van der Waals surface area contributed by atoms with E-state index in [4.69, 9.17) is 14.6 Å². The van der Waals surface area contributed by atoms with Gasteiger partial charge in [0.1, 0.15) is 11.5 Å². The van der Waals surface area contributed by atoms with Crippen molar-refractivity contribution in [3.8, 4) is 11.5 Å². The largest absolute Gasteiger partial charge is 0.497 e. The average molecular weight is 355 g/mol. The molecule has 2 fully saturated rings. The highest BCUT2D eigenvalue weighted by Gasteiger charge is 2.32. The molecule has 0 unspecified atom stereocenters. The number of ether oxygens (including phenoxy) is 2. The van der Waals surface area contributed by atoms with Crippen LogP contribution in [-0.2, 0) is 11.3 Å². The van der Waals surface area contributed by atoms with Crippen molar-refractivity contribution in [2.75, 3.05) is 20.3 Å². The highest BCUT2D eigenvalue weighted by atomic mass is 16.5. The lowest BCUT2D eigenvalue weighted by Gasteiger charge is -2.09. The van der Waals surface area contributed by atoms with Crippen LogP contribution in [0, 0.1) is 0 Å². The molecule has 2 aliphatic rings. The van der Waals surface area contributed by atoms with Gasteiger partial charge in [0.2, 0.25) is 0 Å². The Hall–Kier alpha value is -2.50. The summed E-state index contributed by atoms with van der Waals surface area (Å²) in [5, 5.41) is 7.68. The third-order valence-corrected chi connectivity index (χ3v) is 4.90. The first-order valence-electron chi connectivity index (χ1n) is 9.34. The molecule has 1 aromatic heterocycles. The van der Waals surface area contributed by atoms with E-state index in [1.807, 2.05) is 12.1 Å². The van der Waals surface area contributed by atoms with Crippen LogP contribution in [-0.4, -0.2) is 35.9 Å². The van der Waals surface area contributed by atoms with Gasteiger partial charge in [-0.1, -0.05) is 0 Å². The van der Waals surface area contributed by atoms with Crippen LogP contribution in [0.15, 0.2) is 30.3 Å². The topological polar surface area (TPSA) is 65.4 Å². The number of hydrogen-bond donors (Lipinski definition) is 1. The first kappa shape index (κ1) is 16.9. The number of nitrogens with zero attached hydrogens (tertiary/aromatic N) is 2. The molecule has 0 saturated heterocycles. The number of nitrogens with one attached hydrogen (secondary N) is 1. The summed E-state index contributed by atoms with van der Waals surface area (Å²) in [6.45, 7) is 1.29. The monoisotopic (exact) mass is 355 g/mol. The molecule has 0 atom stereocenters. The molecule has 2 aliphatic carbocycles. The van der Waals surface area contributed by atoms with Crippen molar-refractivity contribution in [2.45, 2.75) is 44.1 Å². The number of aromatic nitrogens is 2. The van der Waals surface area contributed by atoms with Crippen molar-refractivity contribution in [2.24, 2.45) is 0 Å². The van der Waals surface area contributed by atoms with Crippen LogP contribution < -0.4 is 14.8 Å². The SMILES string of the molecule is COc1ccc(OCC(=O)NCCn2nc(C3CC3)cc2C2CC2)cc1. The van der Waals surface area contributed by atoms with Gasteiger partial charge in [0.05, 0.1) is 19.3 Å². The van der Waals surface area contributed by atoms with Crippen LogP contribution in [0.1, 0.15) is 48.9 Å². The molecule has 4 rings (SSSR count). The summed E-state index contributed by atoms with van der Waals surface area (Å²) < 4.78 is 12.7. The maximum atomic E-state index is 12.0. The van der Waals surface area contributed by atoms with Gasteiger partial charge in [0, 0.05) is 24.1 Å². The van der Waals surface area contributed by atoms with E-state index in [1.54, 1.807) is 19.2 Å². The second-order valence-electron chi connectivity index (χ2n) is 7.08. The number of carbonyl (C=O) groups excluding carboxylic acids is 1. The molecule has 2 aromatic rings. The molecule has 2 saturated carbocycles. The zero-order chi connectivity index (χ0) is 17.9. The van der Waals surface area contributed by atoms with Crippen LogP contribution >= 0.6 is 0 Å². The predicted molar refractivity (Wildman–Crippen MR) is 97.7 cm³/mol. The Morgan fingerprint density at radius 2 is 1.85 bits per heavy atom. The van der Waals surface area contributed by atoms with Crippen molar-refractivity contribution in [1.29, 1.82) is 0 Å². The Morgan fingerprint density at radius 3 is 2.50 bits per heavy atom. The van der Waals surface area contributed by atoms with Crippen LogP contribution in [0.2, 0.25) is 0 Å². The third kappa shape index (κ3) is 4.18. The van der Waals surface area contributed by atoms with Gasteiger partial charge in [-0.25, -0.2) is 0 Å². The number of benzene rings is 1. The summed E-state index contributed by atoms with van der Waals surface area (Å²) in [5.74, 6) is 2.63. The smallest absolute Gasteiger partial charge is 0.258 e. The Labute approximate surface area is 153 Å². The second-order valence-corrected chi connectivity index (χ2v) is 7.08. The van der Waals surface area contributed by atoms with Crippen molar-refractivity contribution in [3.05, 3.63) is 41.7 Å². The molecular weight excluding hydrogens is 330 g/mol. The van der Waals surface area contributed by atoms with Crippen LogP contribution in [0.4, 0.5) is 0 Å². The molecule has 6 heteroatoms. The van der Waals surface area contributed by atoms with Gasteiger partial charge in [-0.2, -0.15) is 5.10 Å². The molecule has 138 valence electrons. The van der Waals surface area contributed by atoms with Crippen molar-refractivity contribution in [3.63, 3.8) is 0 Å². The summed E-state index contributed by atoms with van der Waals surface area (Å²) in [4.78, 5) is 12.0. The van der Waals surface area contributed by atoms with Gasteiger partial charge >= 0.3 is 0 Å². The first-order valence-corrected chi connectivity index (χ1v) is 9.34. The molecule has 1 N–H and O–H groups in total. The van der Waals surface area contributed by atoms with E-state index >= 15 is 0 Å². The summed E-state index contributed by atoms with van der Waals surface area (Å²) >= 11 is 0. The lowest BCUT2D eigenvalue weighted by Crippen LogP contribution is -2.32. The third-order valence-electron chi connectivity index (χ3n) is 4.90. The highest BCUT2D eigenvalue weighted by Crippen LogP contribution is 2.44. The summed E-state index contributed by atoms with van der Waals surface area (Å²) in [6, 6.07) is 9.47. The van der Waals surface area contributed by atoms with Crippen molar-refractivity contribution >= 4 is 5.91 Å². The highest BCUT2D eigenvalue weighted by molar-refractivity contribution is 5.77. The fraction of sp³-hybridized carbons (Fsp3) is 0.500.